The molecule has 1 aromatic carbocycles. The van der Waals surface area contributed by atoms with Crippen LogP contribution in [0.15, 0.2) is 30.3 Å². The number of nitrogens with zero attached hydrogens (tertiary/aromatic N) is 1. The van der Waals surface area contributed by atoms with Gasteiger partial charge in [0.25, 0.3) is 0 Å². The molecule has 1 amide bonds. The molecule has 0 bridgehead atoms. The summed E-state index contributed by atoms with van der Waals surface area (Å²) in [4.78, 5) is 24.3. The lowest BCUT2D eigenvalue weighted by Gasteiger charge is -2.26. The lowest BCUT2D eigenvalue weighted by atomic mass is 9.94. The van der Waals surface area contributed by atoms with E-state index in [-0.39, 0.29) is 18.5 Å². The molecule has 1 aliphatic heterocycles. The summed E-state index contributed by atoms with van der Waals surface area (Å²) >= 11 is 0. The van der Waals surface area contributed by atoms with E-state index in [1.807, 2.05) is 0 Å². The van der Waals surface area contributed by atoms with Crippen molar-refractivity contribution in [2.45, 2.75) is 37.4 Å². The summed E-state index contributed by atoms with van der Waals surface area (Å²) in [6.45, 7) is 0.190. The van der Waals surface area contributed by atoms with Crippen molar-refractivity contribution >= 4 is 11.9 Å². The maximum absolute atomic E-state index is 13.2. The van der Waals surface area contributed by atoms with E-state index in [2.05, 4.69) is 0 Å². The quantitative estimate of drug-likeness (QED) is 0.929. The standard InChI is InChI=1S/C15H16F3NO3/c16-15(17,18)11(10-5-2-1-3-6-10)9-13(20)19-8-4-7-12(19)14(21)22/h1-3,5-6,11-12H,4,7-9H2,(H,21,22)/t11-,12-/m1/s1. The Morgan fingerprint density at radius 2 is 1.91 bits per heavy atom. The van der Waals surface area contributed by atoms with Gasteiger partial charge >= 0.3 is 12.1 Å². The molecule has 2 atom stereocenters. The Balaban J connectivity index is 2.17. The summed E-state index contributed by atoms with van der Waals surface area (Å²) in [6, 6.07) is 6.19. The van der Waals surface area contributed by atoms with Crippen LogP contribution in [-0.2, 0) is 9.59 Å². The lowest BCUT2D eigenvalue weighted by molar-refractivity contribution is -0.162. The SMILES string of the molecule is O=C(O)[C@H]1CCCN1C(=O)C[C@H](c1ccccc1)C(F)(F)F. The summed E-state index contributed by atoms with van der Waals surface area (Å²) in [5, 5.41) is 9.03. The highest BCUT2D eigenvalue weighted by atomic mass is 19.4. The maximum Gasteiger partial charge on any atom is 0.396 e. The number of carbonyl (C=O) groups is 2. The molecule has 1 fully saturated rings. The topological polar surface area (TPSA) is 57.6 Å². The first-order chi connectivity index (χ1) is 10.3. The van der Waals surface area contributed by atoms with Gasteiger partial charge in [-0.05, 0) is 18.4 Å². The number of amides is 1. The average Bonchev–Trinajstić information content (AvgIpc) is 2.94. The molecule has 22 heavy (non-hydrogen) atoms. The first kappa shape index (κ1) is 16.3. The largest absolute Gasteiger partial charge is 0.480 e. The Morgan fingerprint density at radius 3 is 2.45 bits per heavy atom. The summed E-state index contributed by atoms with van der Waals surface area (Å²) in [5.41, 5.74) is 0.00872. The Bertz CT molecular complexity index is 545. The number of rotatable bonds is 4. The van der Waals surface area contributed by atoms with Crippen LogP contribution in [0.3, 0.4) is 0 Å². The van der Waals surface area contributed by atoms with E-state index in [4.69, 9.17) is 5.11 Å². The van der Waals surface area contributed by atoms with Gasteiger partial charge < -0.3 is 10.0 Å². The number of alkyl halides is 3. The minimum absolute atomic E-state index is 0.00872. The van der Waals surface area contributed by atoms with Gasteiger partial charge in [0.2, 0.25) is 5.91 Å². The van der Waals surface area contributed by atoms with Gasteiger partial charge in [0, 0.05) is 13.0 Å². The fraction of sp³-hybridized carbons (Fsp3) is 0.467. The number of carboxylic acid groups (broad SMARTS) is 1. The number of likely N-dealkylation sites (tertiary alicyclic amines) is 1. The van der Waals surface area contributed by atoms with Crippen molar-refractivity contribution in [3.05, 3.63) is 35.9 Å². The summed E-state index contributed by atoms with van der Waals surface area (Å²) in [5.74, 6) is -3.86. The van der Waals surface area contributed by atoms with Crippen molar-refractivity contribution in [1.82, 2.24) is 4.90 Å². The number of benzene rings is 1. The van der Waals surface area contributed by atoms with E-state index in [1.54, 1.807) is 6.07 Å². The molecule has 1 saturated heterocycles. The molecule has 1 aliphatic rings. The van der Waals surface area contributed by atoms with Crippen molar-refractivity contribution in [1.29, 1.82) is 0 Å². The molecule has 1 heterocycles. The molecule has 2 rings (SSSR count). The van der Waals surface area contributed by atoms with Crippen molar-refractivity contribution in [3.63, 3.8) is 0 Å². The van der Waals surface area contributed by atoms with Crippen LogP contribution < -0.4 is 0 Å². The Kier molecular flexibility index (Phi) is 4.73. The molecule has 4 nitrogen and oxygen atoms in total. The molecular formula is C15H16F3NO3. The Morgan fingerprint density at radius 1 is 1.27 bits per heavy atom. The zero-order chi connectivity index (χ0) is 16.3. The summed E-state index contributed by atoms with van der Waals surface area (Å²) in [7, 11) is 0. The summed E-state index contributed by atoms with van der Waals surface area (Å²) < 4.78 is 39.7. The third-order valence-electron chi connectivity index (χ3n) is 3.83. The van der Waals surface area contributed by atoms with E-state index in [0.717, 1.165) is 4.90 Å². The number of halogens is 3. The van der Waals surface area contributed by atoms with Gasteiger partial charge in [-0.1, -0.05) is 30.3 Å². The van der Waals surface area contributed by atoms with Crippen molar-refractivity contribution in [2.24, 2.45) is 0 Å². The van der Waals surface area contributed by atoms with Gasteiger partial charge in [0.15, 0.2) is 0 Å². The molecule has 1 N–H and O–H groups in total. The molecule has 0 aromatic heterocycles. The van der Waals surface area contributed by atoms with E-state index in [1.165, 1.54) is 24.3 Å². The van der Waals surface area contributed by atoms with E-state index < -0.39 is 36.4 Å². The van der Waals surface area contributed by atoms with E-state index in [0.29, 0.717) is 6.42 Å². The average molecular weight is 315 g/mol. The van der Waals surface area contributed by atoms with Crippen LogP contribution in [0.1, 0.15) is 30.7 Å². The number of hydrogen-bond donors (Lipinski definition) is 1. The van der Waals surface area contributed by atoms with Gasteiger partial charge in [0.05, 0.1) is 5.92 Å². The number of aliphatic carboxylic acids is 1. The first-order valence-corrected chi connectivity index (χ1v) is 6.94. The molecule has 0 saturated carbocycles. The van der Waals surface area contributed by atoms with Gasteiger partial charge in [-0.2, -0.15) is 13.2 Å². The Hall–Kier alpha value is -2.05. The Labute approximate surface area is 125 Å². The van der Waals surface area contributed by atoms with Crippen molar-refractivity contribution in [3.8, 4) is 0 Å². The number of carboxylic acids is 1. The molecular weight excluding hydrogens is 299 g/mol. The zero-order valence-corrected chi connectivity index (χ0v) is 11.7. The highest BCUT2D eigenvalue weighted by Gasteiger charge is 2.44. The normalized spacial score (nSPS) is 20.0. The van der Waals surface area contributed by atoms with Gasteiger partial charge in [-0.15, -0.1) is 0 Å². The maximum atomic E-state index is 13.2. The number of carbonyl (C=O) groups excluding carboxylic acids is 1. The smallest absolute Gasteiger partial charge is 0.396 e. The minimum Gasteiger partial charge on any atom is -0.480 e. The van der Waals surface area contributed by atoms with Crippen LogP contribution >= 0.6 is 0 Å². The lowest BCUT2D eigenvalue weighted by Crippen LogP contribution is -2.41. The fourth-order valence-electron chi connectivity index (χ4n) is 2.72. The fourth-order valence-corrected chi connectivity index (χ4v) is 2.72. The van der Waals surface area contributed by atoms with Crippen LogP contribution in [-0.4, -0.2) is 40.6 Å². The second-order valence-corrected chi connectivity index (χ2v) is 5.29. The van der Waals surface area contributed by atoms with Crippen LogP contribution in [0, 0.1) is 0 Å². The van der Waals surface area contributed by atoms with Crippen LogP contribution in [0.4, 0.5) is 13.2 Å². The predicted molar refractivity (Wildman–Crippen MR) is 72.2 cm³/mol. The second-order valence-electron chi connectivity index (χ2n) is 5.29. The molecule has 0 unspecified atom stereocenters. The highest BCUT2D eigenvalue weighted by Crippen LogP contribution is 2.38. The monoisotopic (exact) mass is 315 g/mol. The zero-order valence-electron chi connectivity index (χ0n) is 11.7. The van der Waals surface area contributed by atoms with Crippen molar-refractivity contribution in [2.75, 3.05) is 6.54 Å². The van der Waals surface area contributed by atoms with Crippen molar-refractivity contribution < 1.29 is 27.9 Å². The molecule has 0 spiro atoms. The number of hydrogen-bond acceptors (Lipinski definition) is 2. The van der Waals surface area contributed by atoms with Crippen LogP contribution in [0.25, 0.3) is 0 Å². The van der Waals surface area contributed by atoms with E-state index in [9.17, 15) is 22.8 Å². The highest BCUT2D eigenvalue weighted by molar-refractivity contribution is 5.84. The molecule has 1 aromatic rings. The minimum atomic E-state index is -4.56. The summed E-state index contributed by atoms with van der Waals surface area (Å²) in [6.07, 6.45) is -4.55. The molecule has 120 valence electrons. The first-order valence-electron chi connectivity index (χ1n) is 6.94. The molecule has 0 aliphatic carbocycles. The molecule has 7 heteroatoms. The van der Waals surface area contributed by atoms with Gasteiger partial charge in [-0.3, -0.25) is 4.79 Å². The molecule has 0 radical (unpaired) electrons. The second kappa shape index (κ2) is 6.37. The third kappa shape index (κ3) is 3.58. The van der Waals surface area contributed by atoms with E-state index >= 15 is 0 Å². The van der Waals surface area contributed by atoms with Gasteiger partial charge in [-0.25, -0.2) is 4.79 Å². The van der Waals surface area contributed by atoms with Crippen LogP contribution in [0.2, 0.25) is 0 Å². The van der Waals surface area contributed by atoms with Gasteiger partial charge in [0.1, 0.15) is 6.04 Å². The predicted octanol–water partition coefficient (Wildman–Crippen LogP) is 2.80. The van der Waals surface area contributed by atoms with Crippen LogP contribution in [0.5, 0.6) is 0 Å². The third-order valence-corrected chi connectivity index (χ3v) is 3.83.